The molecule has 1 aromatic heterocycles. The Hall–Kier alpha value is -2.65. The summed E-state index contributed by atoms with van der Waals surface area (Å²) in [6.45, 7) is 6.13. The third-order valence-electron chi connectivity index (χ3n) is 5.18. The number of fused-ring (bicyclic) bond motifs is 1. The molecular weight excluding hydrogens is 427 g/mol. The average molecular weight is 449 g/mol. The number of alkyl halides is 3. The first-order valence-corrected chi connectivity index (χ1v) is 11.2. The normalized spacial score (nSPS) is 16.5. The van der Waals surface area contributed by atoms with Crippen molar-refractivity contribution in [3.63, 3.8) is 0 Å². The van der Waals surface area contributed by atoms with Crippen molar-refractivity contribution in [3.05, 3.63) is 71.4 Å². The Balaban J connectivity index is 1.69. The monoisotopic (exact) mass is 449 g/mol. The van der Waals surface area contributed by atoms with Gasteiger partial charge < -0.3 is 0 Å². The number of sulfonamides is 1. The molecule has 0 unspecified atom stereocenters. The molecule has 0 amide bonds. The summed E-state index contributed by atoms with van der Waals surface area (Å²) in [5.74, 6) is 0. The lowest BCUT2D eigenvalue weighted by molar-refractivity contribution is -0.137. The summed E-state index contributed by atoms with van der Waals surface area (Å²) in [6, 6.07) is 13.5. The van der Waals surface area contributed by atoms with Crippen LogP contribution in [0.25, 0.3) is 11.3 Å². The first kappa shape index (κ1) is 21.6. The van der Waals surface area contributed by atoms with Gasteiger partial charge in [0.15, 0.2) is 0 Å². The van der Waals surface area contributed by atoms with E-state index in [0.29, 0.717) is 21.8 Å². The van der Waals surface area contributed by atoms with E-state index in [9.17, 15) is 21.6 Å². The van der Waals surface area contributed by atoms with Gasteiger partial charge in [0.25, 0.3) is 0 Å². The van der Waals surface area contributed by atoms with Gasteiger partial charge in [-0.3, -0.25) is 4.68 Å². The third-order valence-corrected chi connectivity index (χ3v) is 7.07. The van der Waals surface area contributed by atoms with Crippen LogP contribution >= 0.6 is 0 Å². The average Bonchev–Trinajstić information content (AvgIpc) is 3.21. The Labute approximate surface area is 179 Å². The fraction of sp³-hybridized carbons (Fsp3) is 0.318. The van der Waals surface area contributed by atoms with E-state index >= 15 is 0 Å². The lowest BCUT2D eigenvalue weighted by Crippen LogP contribution is -2.26. The van der Waals surface area contributed by atoms with E-state index in [4.69, 9.17) is 0 Å². The summed E-state index contributed by atoms with van der Waals surface area (Å²) in [7, 11) is -3.61. The van der Waals surface area contributed by atoms with Crippen LogP contribution in [0.2, 0.25) is 0 Å². The minimum absolute atomic E-state index is 0.0771. The van der Waals surface area contributed by atoms with Gasteiger partial charge in [-0.2, -0.15) is 22.6 Å². The van der Waals surface area contributed by atoms with E-state index < -0.39 is 27.3 Å². The van der Waals surface area contributed by atoms with Crippen molar-refractivity contribution in [1.82, 2.24) is 14.1 Å². The minimum Gasteiger partial charge on any atom is -0.259 e. The molecule has 4 rings (SSSR count). The second kappa shape index (κ2) is 7.20. The highest BCUT2D eigenvalue weighted by atomic mass is 32.2. The highest BCUT2D eigenvalue weighted by Crippen LogP contribution is 2.34. The fourth-order valence-corrected chi connectivity index (χ4v) is 5.28. The Morgan fingerprint density at radius 2 is 1.65 bits per heavy atom. The largest absolute Gasteiger partial charge is 0.416 e. The van der Waals surface area contributed by atoms with E-state index in [0.717, 1.165) is 17.7 Å². The van der Waals surface area contributed by atoms with Gasteiger partial charge in [-0.1, -0.05) is 30.3 Å². The number of hydrogen-bond donors (Lipinski definition) is 0. The number of halogens is 3. The molecule has 2 aromatic carbocycles. The maximum Gasteiger partial charge on any atom is 0.416 e. The fourth-order valence-electron chi connectivity index (χ4n) is 3.68. The quantitative estimate of drug-likeness (QED) is 0.564. The van der Waals surface area contributed by atoms with Crippen molar-refractivity contribution in [2.24, 2.45) is 0 Å². The van der Waals surface area contributed by atoms with Crippen molar-refractivity contribution in [1.29, 1.82) is 0 Å². The molecule has 164 valence electrons. The van der Waals surface area contributed by atoms with Crippen molar-refractivity contribution < 1.29 is 21.6 Å². The van der Waals surface area contributed by atoms with Crippen LogP contribution < -0.4 is 0 Å². The molecule has 2 heterocycles. The third kappa shape index (κ3) is 3.99. The highest BCUT2D eigenvalue weighted by Gasteiger charge is 2.35. The first-order chi connectivity index (χ1) is 14.4. The molecule has 0 bridgehead atoms. The van der Waals surface area contributed by atoms with E-state index in [-0.39, 0.29) is 13.1 Å². The molecule has 0 fully saturated rings. The summed E-state index contributed by atoms with van der Waals surface area (Å²) in [5, 5.41) is 4.61. The lowest BCUT2D eigenvalue weighted by atomic mass is 10.1. The molecule has 0 aliphatic carbocycles. The van der Waals surface area contributed by atoms with Gasteiger partial charge in [-0.25, -0.2) is 8.42 Å². The van der Waals surface area contributed by atoms with E-state index in [2.05, 4.69) is 5.10 Å². The van der Waals surface area contributed by atoms with E-state index in [1.165, 1.54) is 16.4 Å². The van der Waals surface area contributed by atoms with Crippen molar-refractivity contribution in [2.75, 3.05) is 0 Å². The van der Waals surface area contributed by atoms with Gasteiger partial charge in [0.1, 0.15) is 0 Å². The predicted octanol–water partition coefficient (Wildman–Crippen LogP) is 5.03. The second-order valence-electron chi connectivity index (χ2n) is 8.56. The van der Waals surface area contributed by atoms with E-state index in [1.807, 2.05) is 20.8 Å². The SMILES string of the molecule is CC(C)(C)n1nc(CN2Cc3ccccc3S2(=O)=O)cc1-c1ccc(C(F)(F)F)cc1. The van der Waals surface area contributed by atoms with Gasteiger partial charge in [0.2, 0.25) is 10.0 Å². The molecule has 1 aliphatic rings. The summed E-state index contributed by atoms with van der Waals surface area (Å²) >= 11 is 0. The molecule has 0 atom stereocenters. The Morgan fingerprint density at radius 3 is 2.23 bits per heavy atom. The highest BCUT2D eigenvalue weighted by molar-refractivity contribution is 7.89. The Morgan fingerprint density at radius 1 is 1.00 bits per heavy atom. The predicted molar refractivity (Wildman–Crippen MR) is 111 cm³/mol. The Kier molecular flexibility index (Phi) is 5.01. The molecule has 0 saturated heterocycles. The smallest absolute Gasteiger partial charge is 0.259 e. The van der Waals surface area contributed by atoms with Gasteiger partial charge in [-0.05, 0) is 56.2 Å². The van der Waals surface area contributed by atoms with Crippen molar-refractivity contribution >= 4 is 10.0 Å². The van der Waals surface area contributed by atoms with Crippen LogP contribution in [0.15, 0.2) is 59.5 Å². The van der Waals surface area contributed by atoms with Gasteiger partial charge in [0.05, 0.1) is 33.9 Å². The van der Waals surface area contributed by atoms with Gasteiger partial charge >= 0.3 is 6.18 Å². The first-order valence-electron chi connectivity index (χ1n) is 9.72. The maximum atomic E-state index is 12.9. The molecular formula is C22H22F3N3O2S. The van der Waals surface area contributed by atoms with Crippen molar-refractivity contribution in [2.45, 2.75) is 50.5 Å². The van der Waals surface area contributed by atoms with Gasteiger partial charge in [-0.15, -0.1) is 0 Å². The number of aromatic nitrogens is 2. The van der Waals surface area contributed by atoms with Crippen LogP contribution in [-0.2, 0) is 34.8 Å². The van der Waals surface area contributed by atoms with Gasteiger partial charge in [0, 0.05) is 6.54 Å². The molecule has 0 N–H and O–H groups in total. The summed E-state index contributed by atoms with van der Waals surface area (Å²) in [5.41, 5.74) is 1.30. The lowest BCUT2D eigenvalue weighted by Gasteiger charge is -2.22. The molecule has 3 aromatic rings. The number of rotatable bonds is 3. The maximum absolute atomic E-state index is 12.9. The second-order valence-corrected chi connectivity index (χ2v) is 10.5. The topological polar surface area (TPSA) is 55.2 Å². The molecule has 0 radical (unpaired) electrons. The van der Waals surface area contributed by atoms with Crippen molar-refractivity contribution in [3.8, 4) is 11.3 Å². The molecule has 9 heteroatoms. The van der Waals surface area contributed by atoms with E-state index in [1.54, 1.807) is 35.0 Å². The molecule has 0 spiro atoms. The molecule has 31 heavy (non-hydrogen) atoms. The van der Waals surface area contributed by atoms with Crippen LogP contribution in [-0.4, -0.2) is 22.5 Å². The molecule has 1 aliphatic heterocycles. The standard InChI is InChI=1S/C22H22F3N3O2S/c1-21(2,3)28-19(15-8-10-17(11-9-15)22(23,24)25)12-18(26-28)14-27-13-16-6-4-5-7-20(16)31(27,29)30/h4-12H,13-14H2,1-3H3. The molecule has 5 nitrogen and oxygen atoms in total. The summed E-state index contributed by atoms with van der Waals surface area (Å²) < 4.78 is 67.6. The zero-order chi connectivity index (χ0) is 22.6. The van der Waals surface area contributed by atoms with Crippen LogP contribution in [0.1, 0.15) is 37.6 Å². The van der Waals surface area contributed by atoms with Crippen LogP contribution in [0.5, 0.6) is 0 Å². The number of nitrogens with zero attached hydrogens (tertiary/aromatic N) is 3. The number of benzene rings is 2. The van der Waals surface area contributed by atoms with Crippen LogP contribution in [0, 0.1) is 0 Å². The Bertz CT molecular complexity index is 1220. The van der Waals surface area contributed by atoms with Crippen LogP contribution in [0.3, 0.4) is 0 Å². The summed E-state index contributed by atoms with van der Waals surface area (Å²) in [4.78, 5) is 0.299. The molecule has 0 saturated carbocycles. The summed E-state index contributed by atoms with van der Waals surface area (Å²) in [6.07, 6.45) is -4.41. The van der Waals surface area contributed by atoms with Crippen LogP contribution in [0.4, 0.5) is 13.2 Å². The minimum atomic E-state index is -4.41. The zero-order valence-electron chi connectivity index (χ0n) is 17.3. The number of hydrogen-bond acceptors (Lipinski definition) is 3. The zero-order valence-corrected chi connectivity index (χ0v) is 18.1.